The normalized spacial score (nSPS) is 12.7. The number of fused-ring (bicyclic) bond motifs is 7. The van der Waals surface area contributed by atoms with Crippen LogP contribution < -0.4 is 4.90 Å². The molecule has 0 radical (unpaired) electrons. The van der Waals surface area contributed by atoms with Crippen LogP contribution in [-0.2, 0) is 5.41 Å². The summed E-state index contributed by atoms with van der Waals surface area (Å²) in [5.41, 5.74) is 19.8. The second kappa shape index (κ2) is 14.6. The molecule has 0 spiro atoms. The maximum atomic E-state index is 6.37. The molecule has 12 rings (SSSR count). The summed E-state index contributed by atoms with van der Waals surface area (Å²) in [6.45, 7) is 4.71. The molecule has 0 aliphatic heterocycles. The zero-order valence-electron chi connectivity index (χ0n) is 35.2. The Kier molecular flexibility index (Phi) is 8.55. The summed E-state index contributed by atoms with van der Waals surface area (Å²) >= 11 is 0. The van der Waals surface area contributed by atoms with Gasteiger partial charge in [-0.2, -0.15) is 0 Å². The van der Waals surface area contributed by atoms with Crippen LogP contribution in [0.15, 0.2) is 229 Å². The quantitative estimate of drug-likeness (QED) is 0.160. The number of anilines is 3. The summed E-state index contributed by atoms with van der Waals surface area (Å²) in [5.74, 6) is 0. The van der Waals surface area contributed by atoms with Gasteiger partial charge in [0.25, 0.3) is 0 Å². The molecule has 63 heavy (non-hydrogen) atoms. The van der Waals surface area contributed by atoms with Crippen molar-refractivity contribution in [3.63, 3.8) is 0 Å². The van der Waals surface area contributed by atoms with E-state index in [0.717, 1.165) is 50.1 Å². The van der Waals surface area contributed by atoms with Gasteiger partial charge in [-0.3, -0.25) is 0 Å². The van der Waals surface area contributed by atoms with E-state index in [2.05, 4.69) is 231 Å². The predicted molar refractivity (Wildman–Crippen MR) is 265 cm³/mol. The smallest absolute Gasteiger partial charge is 0.136 e. The zero-order chi connectivity index (χ0) is 42.1. The molecule has 0 fully saturated rings. The third kappa shape index (κ3) is 6.02. The molecule has 0 amide bonds. The fourth-order valence-corrected chi connectivity index (χ4v) is 10.3. The van der Waals surface area contributed by atoms with E-state index < -0.39 is 0 Å². The zero-order valence-corrected chi connectivity index (χ0v) is 35.2. The Morgan fingerprint density at radius 1 is 0.365 bits per heavy atom. The molecule has 10 aromatic carbocycles. The van der Waals surface area contributed by atoms with E-state index in [1.165, 1.54) is 66.4 Å². The van der Waals surface area contributed by atoms with Crippen LogP contribution in [0, 0.1) is 0 Å². The van der Waals surface area contributed by atoms with Crippen molar-refractivity contribution in [2.45, 2.75) is 19.3 Å². The second-order valence-electron chi connectivity index (χ2n) is 17.2. The van der Waals surface area contributed by atoms with Gasteiger partial charge in [0.2, 0.25) is 0 Å². The van der Waals surface area contributed by atoms with Crippen LogP contribution in [-0.4, -0.2) is 0 Å². The molecule has 1 heterocycles. The highest BCUT2D eigenvalue weighted by Gasteiger charge is 2.37. The first kappa shape index (κ1) is 36.9. The lowest BCUT2D eigenvalue weighted by Crippen LogP contribution is -2.14. The van der Waals surface area contributed by atoms with Gasteiger partial charge in [-0.15, -0.1) is 0 Å². The molecule has 1 aromatic heterocycles. The van der Waals surface area contributed by atoms with Crippen molar-refractivity contribution < 1.29 is 4.42 Å². The number of benzene rings is 10. The van der Waals surface area contributed by atoms with Crippen molar-refractivity contribution >= 4 is 49.8 Å². The van der Waals surface area contributed by atoms with E-state index in [-0.39, 0.29) is 5.41 Å². The number of furan rings is 1. The molecule has 2 nitrogen and oxygen atoms in total. The van der Waals surface area contributed by atoms with Crippen LogP contribution in [0.1, 0.15) is 25.0 Å². The number of nitrogens with zero attached hydrogens (tertiary/aromatic N) is 1. The van der Waals surface area contributed by atoms with Gasteiger partial charge < -0.3 is 9.32 Å². The van der Waals surface area contributed by atoms with E-state index in [0.29, 0.717) is 0 Å². The molecule has 0 saturated carbocycles. The van der Waals surface area contributed by atoms with Crippen LogP contribution in [0.5, 0.6) is 0 Å². The minimum atomic E-state index is -0.107. The lowest BCUT2D eigenvalue weighted by atomic mass is 9.82. The Balaban J connectivity index is 1.04. The first-order chi connectivity index (χ1) is 31.0. The summed E-state index contributed by atoms with van der Waals surface area (Å²) in [4.78, 5) is 2.44. The highest BCUT2D eigenvalue weighted by atomic mass is 16.3. The third-order valence-electron chi connectivity index (χ3n) is 13.3. The summed E-state index contributed by atoms with van der Waals surface area (Å²) in [6, 6.07) is 81.7. The van der Waals surface area contributed by atoms with E-state index in [9.17, 15) is 0 Å². The van der Waals surface area contributed by atoms with E-state index >= 15 is 0 Å². The summed E-state index contributed by atoms with van der Waals surface area (Å²) in [7, 11) is 0. The topological polar surface area (TPSA) is 16.4 Å². The van der Waals surface area contributed by atoms with Crippen molar-refractivity contribution in [3.8, 4) is 55.6 Å². The highest BCUT2D eigenvalue weighted by Crippen LogP contribution is 2.54. The molecule has 1 aliphatic carbocycles. The fourth-order valence-electron chi connectivity index (χ4n) is 10.3. The molecule has 0 atom stereocenters. The lowest BCUT2D eigenvalue weighted by Gasteiger charge is -2.29. The highest BCUT2D eigenvalue weighted by molar-refractivity contribution is 6.08. The van der Waals surface area contributed by atoms with Crippen molar-refractivity contribution in [1.29, 1.82) is 0 Å². The van der Waals surface area contributed by atoms with Crippen molar-refractivity contribution in [2.75, 3.05) is 4.90 Å². The summed E-state index contributed by atoms with van der Waals surface area (Å²) < 4.78 is 6.37. The third-order valence-corrected chi connectivity index (χ3v) is 13.3. The first-order valence-corrected chi connectivity index (χ1v) is 21.8. The Labute approximate surface area is 368 Å². The van der Waals surface area contributed by atoms with Gasteiger partial charge in [-0.25, -0.2) is 0 Å². The van der Waals surface area contributed by atoms with Gasteiger partial charge in [-0.1, -0.05) is 190 Å². The van der Waals surface area contributed by atoms with Crippen molar-refractivity contribution in [1.82, 2.24) is 0 Å². The number of hydrogen-bond acceptors (Lipinski definition) is 2. The summed E-state index contributed by atoms with van der Waals surface area (Å²) in [6.07, 6.45) is 0. The fraction of sp³-hybridized carbons (Fsp3) is 0.0492. The Morgan fingerprint density at radius 2 is 0.937 bits per heavy atom. The number of para-hydroxylation sites is 2. The molecule has 11 aromatic rings. The maximum Gasteiger partial charge on any atom is 0.136 e. The first-order valence-electron chi connectivity index (χ1n) is 21.8. The number of hydrogen-bond donors (Lipinski definition) is 0. The summed E-state index contributed by atoms with van der Waals surface area (Å²) in [5, 5.41) is 4.75. The van der Waals surface area contributed by atoms with Gasteiger partial charge in [-0.05, 0) is 121 Å². The van der Waals surface area contributed by atoms with Gasteiger partial charge in [0.15, 0.2) is 0 Å². The molecule has 0 saturated heterocycles. The lowest BCUT2D eigenvalue weighted by molar-refractivity contribution is 0.660. The minimum Gasteiger partial charge on any atom is -0.456 e. The minimum absolute atomic E-state index is 0.107. The molecule has 1 aliphatic rings. The standard InChI is InChI=1S/C61H43NO/c1-61(2)54-28-9-6-24-53(54)60-52(27-15-29-55(60)61)49-22-7-10-30-56(49)62(46-21-12-20-43(38-46)44-34-37-51-50-23-8-11-31-57(50)63-58(51)39-44)45-35-32-41(33-36-45)48-26-14-19-42-18-13-25-47(59(42)48)40-16-4-3-5-17-40/h3-39H,1-2H3. The predicted octanol–water partition coefficient (Wildman–Crippen LogP) is 17.2. The van der Waals surface area contributed by atoms with Gasteiger partial charge in [0.05, 0.1) is 5.69 Å². The van der Waals surface area contributed by atoms with Crippen LogP contribution in [0.3, 0.4) is 0 Å². The average Bonchev–Trinajstić information content (AvgIpc) is 3.83. The molecule has 0 unspecified atom stereocenters. The van der Waals surface area contributed by atoms with Crippen LogP contribution >= 0.6 is 0 Å². The SMILES string of the molecule is CC1(C)c2ccccc2-c2c(-c3ccccc3N(c3ccc(-c4cccc5cccc(-c6ccccc6)c45)cc3)c3cccc(-c4ccc5c(c4)oc4ccccc45)c3)cccc21. The van der Waals surface area contributed by atoms with Crippen LogP contribution in [0.2, 0.25) is 0 Å². The molecule has 0 bridgehead atoms. The Hall–Kier alpha value is -7.94. The van der Waals surface area contributed by atoms with Gasteiger partial charge in [0, 0.05) is 33.1 Å². The largest absolute Gasteiger partial charge is 0.456 e. The Bertz CT molecular complexity index is 3530. The van der Waals surface area contributed by atoms with E-state index in [1.54, 1.807) is 0 Å². The van der Waals surface area contributed by atoms with E-state index in [4.69, 9.17) is 4.42 Å². The average molecular weight is 806 g/mol. The van der Waals surface area contributed by atoms with Crippen molar-refractivity contribution in [2.24, 2.45) is 0 Å². The van der Waals surface area contributed by atoms with Gasteiger partial charge >= 0.3 is 0 Å². The van der Waals surface area contributed by atoms with Crippen LogP contribution in [0.25, 0.3) is 88.3 Å². The molecule has 0 N–H and O–H groups in total. The maximum absolute atomic E-state index is 6.37. The van der Waals surface area contributed by atoms with E-state index in [1.807, 2.05) is 12.1 Å². The second-order valence-corrected chi connectivity index (χ2v) is 17.2. The van der Waals surface area contributed by atoms with Gasteiger partial charge in [0.1, 0.15) is 11.2 Å². The monoisotopic (exact) mass is 805 g/mol. The number of rotatable bonds is 7. The molecule has 2 heteroatoms. The molecule has 298 valence electrons. The van der Waals surface area contributed by atoms with Crippen LogP contribution in [0.4, 0.5) is 17.1 Å². The molecular formula is C61H43NO. The molecular weight excluding hydrogens is 763 g/mol. The van der Waals surface area contributed by atoms with Crippen molar-refractivity contribution in [3.05, 3.63) is 236 Å². The Morgan fingerprint density at radius 3 is 1.76 bits per heavy atom.